The minimum atomic E-state index is -0.101. The molecule has 1 aromatic heterocycles. The summed E-state index contributed by atoms with van der Waals surface area (Å²) in [4.78, 5) is 15.3. The van der Waals surface area contributed by atoms with Crippen LogP contribution in [-0.2, 0) is 0 Å². The normalized spacial score (nSPS) is 8.57. The molecule has 1 rings (SSSR count). The number of nitrogens with one attached hydrogen (secondary N) is 1. The Balaban J connectivity index is 0.000000791. The first-order valence-corrected chi connectivity index (χ1v) is 4.95. The fraction of sp³-hybridized carbons (Fsp3) is 0.455. The Morgan fingerprint density at radius 2 is 2.14 bits per heavy atom. The van der Waals surface area contributed by atoms with Crippen molar-refractivity contribution in [3.8, 4) is 0 Å². The maximum atomic E-state index is 11.3. The van der Waals surface area contributed by atoms with Gasteiger partial charge in [0.15, 0.2) is 0 Å². The standard InChI is InChI=1S/C9H12N2O.C2H6/c1-3-10-9(12)8-7(2)5-4-6-11-8;1-2/h4-6H,3H2,1-2H3,(H,10,12);1-2H3. The van der Waals surface area contributed by atoms with Gasteiger partial charge in [0.1, 0.15) is 5.69 Å². The highest BCUT2D eigenvalue weighted by Gasteiger charge is 2.07. The summed E-state index contributed by atoms with van der Waals surface area (Å²) in [5, 5.41) is 2.70. The van der Waals surface area contributed by atoms with Crippen molar-refractivity contribution in [3.63, 3.8) is 0 Å². The summed E-state index contributed by atoms with van der Waals surface area (Å²) in [6.45, 7) is 8.39. The van der Waals surface area contributed by atoms with E-state index in [9.17, 15) is 4.79 Å². The van der Waals surface area contributed by atoms with Crippen molar-refractivity contribution in [3.05, 3.63) is 29.6 Å². The van der Waals surface area contributed by atoms with E-state index in [-0.39, 0.29) is 5.91 Å². The predicted molar refractivity (Wildman–Crippen MR) is 58.3 cm³/mol. The molecule has 3 nitrogen and oxygen atoms in total. The fourth-order valence-electron chi connectivity index (χ4n) is 0.968. The lowest BCUT2D eigenvalue weighted by Gasteiger charge is -2.02. The number of aromatic nitrogens is 1. The number of hydrogen-bond acceptors (Lipinski definition) is 2. The van der Waals surface area contributed by atoms with Crippen molar-refractivity contribution in [1.82, 2.24) is 10.3 Å². The zero-order valence-corrected chi connectivity index (χ0v) is 9.29. The quantitative estimate of drug-likeness (QED) is 0.784. The molecule has 0 fully saturated rings. The van der Waals surface area contributed by atoms with E-state index in [0.717, 1.165) is 5.56 Å². The van der Waals surface area contributed by atoms with E-state index >= 15 is 0 Å². The summed E-state index contributed by atoms with van der Waals surface area (Å²) in [6, 6.07) is 3.69. The second-order valence-corrected chi connectivity index (χ2v) is 2.53. The fourth-order valence-corrected chi connectivity index (χ4v) is 0.968. The van der Waals surface area contributed by atoms with Crippen molar-refractivity contribution in [1.29, 1.82) is 0 Å². The lowest BCUT2D eigenvalue weighted by atomic mass is 10.2. The van der Waals surface area contributed by atoms with Crippen molar-refractivity contribution in [2.24, 2.45) is 0 Å². The van der Waals surface area contributed by atoms with Gasteiger partial charge >= 0.3 is 0 Å². The average molecular weight is 194 g/mol. The molecule has 14 heavy (non-hydrogen) atoms. The largest absolute Gasteiger partial charge is 0.351 e. The van der Waals surface area contributed by atoms with E-state index in [1.165, 1.54) is 0 Å². The van der Waals surface area contributed by atoms with Crippen LogP contribution in [0.4, 0.5) is 0 Å². The van der Waals surface area contributed by atoms with Gasteiger partial charge in [-0.2, -0.15) is 0 Å². The van der Waals surface area contributed by atoms with E-state index in [2.05, 4.69) is 10.3 Å². The van der Waals surface area contributed by atoms with E-state index in [1.807, 2.05) is 39.8 Å². The third-order valence-corrected chi connectivity index (χ3v) is 1.56. The van der Waals surface area contributed by atoms with Crippen LogP contribution in [0.25, 0.3) is 0 Å². The van der Waals surface area contributed by atoms with Gasteiger partial charge < -0.3 is 5.32 Å². The Labute approximate surface area is 85.6 Å². The molecule has 0 saturated carbocycles. The Bertz CT molecular complexity index is 284. The molecule has 78 valence electrons. The Kier molecular flexibility index (Phi) is 6.37. The molecule has 1 aromatic rings. The highest BCUT2D eigenvalue weighted by molar-refractivity contribution is 5.93. The zero-order valence-electron chi connectivity index (χ0n) is 9.29. The van der Waals surface area contributed by atoms with E-state index < -0.39 is 0 Å². The van der Waals surface area contributed by atoms with E-state index in [1.54, 1.807) is 6.20 Å². The molecule has 0 aliphatic heterocycles. The SMILES string of the molecule is CC.CCNC(=O)c1ncccc1C. The number of nitrogens with zero attached hydrogens (tertiary/aromatic N) is 1. The number of aryl methyl sites for hydroxylation is 1. The lowest BCUT2D eigenvalue weighted by Crippen LogP contribution is -2.24. The van der Waals surface area contributed by atoms with Crippen molar-refractivity contribution in [2.45, 2.75) is 27.7 Å². The van der Waals surface area contributed by atoms with Gasteiger partial charge in [0, 0.05) is 12.7 Å². The van der Waals surface area contributed by atoms with Crippen molar-refractivity contribution < 1.29 is 4.79 Å². The highest BCUT2D eigenvalue weighted by atomic mass is 16.1. The highest BCUT2D eigenvalue weighted by Crippen LogP contribution is 2.01. The molecule has 3 heteroatoms. The molecule has 0 radical (unpaired) electrons. The number of rotatable bonds is 2. The van der Waals surface area contributed by atoms with E-state index in [4.69, 9.17) is 0 Å². The van der Waals surface area contributed by atoms with Crippen LogP contribution in [0.2, 0.25) is 0 Å². The molecule has 0 aliphatic rings. The van der Waals surface area contributed by atoms with Crippen LogP contribution >= 0.6 is 0 Å². The molecular formula is C11H18N2O. The molecule has 0 aromatic carbocycles. The van der Waals surface area contributed by atoms with Crippen LogP contribution in [0.15, 0.2) is 18.3 Å². The van der Waals surface area contributed by atoms with Crippen molar-refractivity contribution >= 4 is 5.91 Å². The number of carbonyl (C=O) groups is 1. The molecule has 0 unspecified atom stereocenters. The van der Waals surface area contributed by atoms with Crippen LogP contribution in [0.1, 0.15) is 36.8 Å². The first-order valence-electron chi connectivity index (χ1n) is 4.95. The number of amides is 1. The molecule has 0 atom stereocenters. The topological polar surface area (TPSA) is 42.0 Å². The molecule has 0 saturated heterocycles. The molecule has 1 heterocycles. The Hall–Kier alpha value is -1.38. The Morgan fingerprint density at radius 3 is 2.64 bits per heavy atom. The molecule has 0 aliphatic carbocycles. The minimum Gasteiger partial charge on any atom is -0.351 e. The van der Waals surface area contributed by atoms with Gasteiger partial charge in [-0.15, -0.1) is 0 Å². The summed E-state index contributed by atoms with van der Waals surface area (Å²) in [7, 11) is 0. The van der Waals surface area contributed by atoms with Crippen molar-refractivity contribution in [2.75, 3.05) is 6.54 Å². The maximum Gasteiger partial charge on any atom is 0.270 e. The number of pyridine rings is 1. The minimum absolute atomic E-state index is 0.101. The molecule has 0 bridgehead atoms. The maximum absolute atomic E-state index is 11.3. The van der Waals surface area contributed by atoms with Gasteiger partial charge in [-0.25, -0.2) is 0 Å². The second kappa shape index (κ2) is 7.06. The zero-order chi connectivity index (χ0) is 11.0. The van der Waals surface area contributed by atoms with Crippen LogP contribution in [0, 0.1) is 6.92 Å². The van der Waals surface area contributed by atoms with Gasteiger partial charge in [0.2, 0.25) is 0 Å². The molecule has 1 N–H and O–H groups in total. The summed E-state index contributed by atoms with van der Waals surface area (Å²) in [5.41, 5.74) is 1.42. The van der Waals surface area contributed by atoms with Crippen LogP contribution in [0.5, 0.6) is 0 Å². The van der Waals surface area contributed by atoms with Crippen LogP contribution < -0.4 is 5.32 Å². The average Bonchev–Trinajstić information content (AvgIpc) is 2.22. The first kappa shape index (κ1) is 12.6. The van der Waals surface area contributed by atoms with E-state index in [0.29, 0.717) is 12.2 Å². The molecule has 0 spiro atoms. The Morgan fingerprint density at radius 1 is 1.50 bits per heavy atom. The first-order chi connectivity index (χ1) is 6.75. The van der Waals surface area contributed by atoms with Gasteiger partial charge in [0.05, 0.1) is 0 Å². The van der Waals surface area contributed by atoms with Gasteiger partial charge in [0.25, 0.3) is 5.91 Å². The van der Waals surface area contributed by atoms with Gasteiger partial charge in [-0.1, -0.05) is 19.9 Å². The predicted octanol–water partition coefficient (Wildman–Crippen LogP) is 2.17. The van der Waals surface area contributed by atoms with Crippen LogP contribution in [0.3, 0.4) is 0 Å². The smallest absolute Gasteiger partial charge is 0.270 e. The van der Waals surface area contributed by atoms with Gasteiger partial charge in [-0.3, -0.25) is 9.78 Å². The summed E-state index contributed by atoms with van der Waals surface area (Å²) < 4.78 is 0. The third-order valence-electron chi connectivity index (χ3n) is 1.56. The lowest BCUT2D eigenvalue weighted by molar-refractivity contribution is 0.0950. The second-order valence-electron chi connectivity index (χ2n) is 2.53. The monoisotopic (exact) mass is 194 g/mol. The molecule has 1 amide bonds. The third kappa shape index (κ3) is 3.56. The molecular weight excluding hydrogens is 176 g/mol. The number of hydrogen-bond donors (Lipinski definition) is 1. The van der Waals surface area contributed by atoms with Crippen LogP contribution in [-0.4, -0.2) is 17.4 Å². The summed E-state index contributed by atoms with van der Waals surface area (Å²) in [6.07, 6.45) is 1.62. The summed E-state index contributed by atoms with van der Waals surface area (Å²) in [5.74, 6) is -0.101. The van der Waals surface area contributed by atoms with Gasteiger partial charge in [-0.05, 0) is 25.5 Å². The number of carbonyl (C=O) groups excluding carboxylic acids is 1. The summed E-state index contributed by atoms with van der Waals surface area (Å²) >= 11 is 0.